The summed E-state index contributed by atoms with van der Waals surface area (Å²) < 4.78 is 10.7. The lowest BCUT2D eigenvalue weighted by Crippen LogP contribution is -2.20. The van der Waals surface area contributed by atoms with Gasteiger partial charge < -0.3 is 14.8 Å². The Hall–Kier alpha value is -1.26. The SMILES string of the molecule is CNCC(=O)c1cc(Cl)c(OC)c(OC)c1C(C)C. The van der Waals surface area contributed by atoms with Crippen LogP contribution in [0, 0.1) is 0 Å². The number of nitrogens with one attached hydrogen (secondary N) is 1. The number of benzene rings is 1. The smallest absolute Gasteiger partial charge is 0.179 e. The molecule has 1 aromatic rings. The fourth-order valence-corrected chi connectivity index (χ4v) is 2.35. The van der Waals surface area contributed by atoms with E-state index in [1.807, 2.05) is 13.8 Å². The van der Waals surface area contributed by atoms with Gasteiger partial charge in [-0.05, 0) is 19.0 Å². The van der Waals surface area contributed by atoms with Crippen molar-refractivity contribution in [3.05, 3.63) is 22.2 Å². The highest BCUT2D eigenvalue weighted by molar-refractivity contribution is 6.33. The summed E-state index contributed by atoms with van der Waals surface area (Å²) in [6, 6.07) is 1.65. The summed E-state index contributed by atoms with van der Waals surface area (Å²) in [4.78, 5) is 12.2. The van der Waals surface area contributed by atoms with Gasteiger partial charge in [-0.3, -0.25) is 4.79 Å². The van der Waals surface area contributed by atoms with Crippen LogP contribution >= 0.6 is 11.6 Å². The number of carbonyl (C=O) groups is 1. The number of ketones is 1. The Morgan fingerprint density at radius 1 is 1.32 bits per heavy atom. The lowest BCUT2D eigenvalue weighted by molar-refractivity contribution is 0.0992. The highest BCUT2D eigenvalue weighted by atomic mass is 35.5. The monoisotopic (exact) mass is 285 g/mol. The quantitative estimate of drug-likeness (QED) is 0.817. The Labute approximate surface area is 119 Å². The molecule has 0 atom stereocenters. The first kappa shape index (κ1) is 15.8. The van der Waals surface area contributed by atoms with Crippen molar-refractivity contribution in [2.75, 3.05) is 27.8 Å². The molecule has 0 aliphatic carbocycles. The van der Waals surface area contributed by atoms with Crippen molar-refractivity contribution < 1.29 is 14.3 Å². The van der Waals surface area contributed by atoms with Crippen molar-refractivity contribution in [1.82, 2.24) is 5.32 Å². The summed E-state index contributed by atoms with van der Waals surface area (Å²) in [6.07, 6.45) is 0. The molecule has 1 N–H and O–H groups in total. The second kappa shape index (κ2) is 6.78. The minimum atomic E-state index is -0.0194. The standard InChI is InChI=1S/C14H20ClNO3/c1-8(2)12-9(11(17)7-16-3)6-10(15)13(18-4)14(12)19-5/h6,8,16H,7H2,1-5H3. The third kappa shape index (κ3) is 3.19. The van der Waals surface area contributed by atoms with E-state index in [9.17, 15) is 4.79 Å². The van der Waals surface area contributed by atoms with E-state index < -0.39 is 0 Å². The van der Waals surface area contributed by atoms with Crippen LogP contribution in [-0.2, 0) is 0 Å². The van der Waals surface area contributed by atoms with E-state index in [0.717, 1.165) is 5.56 Å². The predicted octanol–water partition coefficient (Wildman–Crippen LogP) is 2.88. The number of likely N-dealkylation sites (N-methyl/N-ethyl adjacent to an activating group) is 1. The maximum absolute atomic E-state index is 12.2. The Morgan fingerprint density at radius 3 is 2.32 bits per heavy atom. The van der Waals surface area contributed by atoms with Gasteiger partial charge in [-0.25, -0.2) is 0 Å². The van der Waals surface area contributed by atoms with E-state index >= 15 is 0 Å². The van der Waals surface area contributed by atoms with Crippen LogP contribution in [0.25, 0.3) is 0 Å². The van der Waals surface area contributed by atoms with Crippen LogP contribution in [0.3, 0.4) is 0 Å². The number of carbonyl (C=O) groups excluding carboxylic acids is 1. The lowest BCUT2D eigenvalue weighted by atomic mass is 9.93. The average Bonchev–Trinajstić information content (AvgIpc) is 2.36. The molecular weight excluding hydrogens is 266 g/mol. The van der Waals surface area contributed by atoms with E-state index in [2.05, 4.69) is 5.32 Å². The van der Waals surface area contributed by atoms with Crippen molar-refractivity contribution in [3.8, 4) is 11.5 Å². The first-order valence-electron chi connectivity index (χ1n) is 6.10. The van der Waals surface area contributed by atoms with Gasteiger partial charge in [0, 0.05) is 11.1 Å². The van der Waals surface area contributed by atoms with Gasteiger partial charge in [0.05, 0.1) is 25.8 Å². The molecule has 1 aromatic carbocycles. The van der Waals surface area contributed by atoms with E-state index in [-0.39, 0.29) is 18.2 Å². The molecule has 0 bridgehead atoms. The molecule has 0 spiro atoms. The van der Waals surface area contributed by atoms with Crippen molar-refractivity contribution in [2.45, 2.75) is 19.8 Å². The topological polar surface area (TPSA) is 47.6 Å². The highest BCUT2D eigenvalue weighted by Crippen LogP contribution is 2.43. The fraction of sp³-hybridized carbons (Fsp3) is 0.500. The van der Waals surface area contributed by atoms with E-state index in [1.165, 1.54) is 7.11 Å². The average molecular weight is 286 g/mol. The second-order valence-corrected chi connectivity index (χ2v) is 4.90. The summed E-state index contributed by atoms with van der Waals surface area (Å²) in [5.74, 6) is 1.10. The predicted molar refractivity (Wildman–Crippen MR) is 76.9 cm³/mol. The van der Waals surface area contributed by atoms with Crippen molar-refractivity contribution in [3.63, 3.8) is 0 Å². The number of methoxy groups -OCH3 is 2. The molecule has 106 valence electrons. The molecule has 5 heteroatoms. The first-order valence-corrected chi connectivity index (χ1v) is 6.47. The third-order valence-electron chi connectivity index (χ3n) is 2.85. The maximum atomic E-state index is 12.2. The Balaban J connectivity index is 3.54. The second-order valence-electron chi connectivity index (χ2n) is 4.49. The van der Waals surface area contributed by atoms with Crippen LogP contribution in [-0.4, -0.2) is 33.6 Å². The highest BCUT2D eigenvalue weighted by Gasteiger charge is 2.24. The van der Waals surface area contributed by atoms with Crippen LogP contribution in [0.15, 0.2) is 6.07 Å². The molecule has 1 rings (SSSR count). The fourth-order valence-electron chi connectivity index (χ4n) is 2.08. The molecule has 4 nitrogen and oxygen atoms in total. The van der Waals surface area contributed by atoms with E-state index in [0.29, 0.717) is 22.1 Å². The van der Waals surface area contributed by atoms with Crippen LogP contribution in [0.4, 0.5) is 0 Å². The minimum Gasteiger partial charge on any atom is -0.492 e. The number of hydrogen-bond donors (Lipinski definition) is 1. The molecule has 0 amide bonds. The van der Waals surface area contributed by atoms with Crippen LogP contribution in [0.2, 0.25) is 5.02 Å². The zero-order valence-electron chi connectivity index (χ0n) is 12.0. The summed E-state index contributed by atoms with van der Waals surface area (Å²) in [7, 11) is 4.81. The summed E-state index contributed by atoms with van der Waals surface area (Å²) >= 11 is 6.16. The molecule has 0 heterocycles. The number of hydrogen-bond acceptors (Lipinski definition) is 4. The van der Waals surface area contributed by atoms with Crippen LogP contribution in [0.5, 0.6) is 11.5 Å². The van der Waals surface area contributed by atoms with Crippen molar-refractivity contribution >= 4 is 17.4 Å². The van der Waals surface area contributed by atoms with Crippen LogP contribution < -0.4 is 14.8 Å². The molecule has 0 unspecified atom stereocenters. The van der Waals surface area contributed by atoms with E-state index in [1.54, 1.807) is 20.2 Å². The zero-order chi connectivity index (χ0) is 14.6. The lowest BCUT2D eigenvalue weighted by Gasteiger charge is -2.20. The molecule has 0 aromatic heterocycles. The van der Waals surface area contributed by atoms with Gasteiger partial charge in [0.1, 0.15) is 0 Å². The molecule has 0 saturated heterocycles. The van der Waals surface area contributed by atoms with Crippen molar-refractivity contribution in [2.24, 2.45) is 0 Å². The third-order valence-corrected chi connectivity index (χ3v) is 3.13. The molecule has 0 fully saturated rings. The molecule has 0 aliphatic rings. The molecular formula is C14H20ClNO3. The Bertz CT molecular complexity index is 472. The van der Waals surface area contributed by atoms with E-state index in [4.69, 9.17) is 21.1 Å². The molecule has 0 saturated carbocycles. The Morgan fingerprint density at radius 2 is 1.89 bits per heavy atom. The molecule has 0 aliphatic heterocycles. The van der Waals surface area contributed by atoms with Crippen molar-refractivity contribution in [1.29, 1.82) is 0 Å². The summed E-state index contributed by atoms with van der Waals surface area (Å²) in [5.41, 5.74) is 1.40. The van der Waals surface area contributed by atoms with Gasteiger partial charge >= 0.3 is 0 Å². The molecule has 0 radical (unpaired) electrons. The largest absolute Gasteiger partial charge is 0.492 e. The van der Waals surface area contributed by atoms with Gasteiger partial charge in [0.15, 0.2) is 17.3 Å². The van der Waals surface area contributed by atoms with Gasteiger partial charge in [0.2, 0.25) is 0 Å². The number of rotatable bonds is 6. The zero-order valence-corrected chi connectivity index (χ0v) is 12.7. The summed E-state index contributed by atoms with van der Waals surface area (Å²) in [5, 5.41) is 3.23. The van der Waals surface area contributed by atoms with Gasteiger partial charge in [0.25, 0.3) is 0 Å². The number of ether oxygens (including phenoxy) is 2. The van der Waals surface area contributed by atoms with Crippen LogP contribution in [0.1, 0.15) is 35.7 Å². The molecule has 19 heavy (non-hydrogen) atoms. The first-order chi connectivity index (χ1) is 8.97. The minimum absolute atomic E-state index is 0.0194. The normalized spacial score (nSPS) is 10.7. The maximum Gasteiger partial charge on any atom is 0.179 e. The Kier molecular flexibility index (Phi) is 5.63. The van der Waals surface area contributed by atoms with Gasteiger partial charge in [-0.15, -0.1) is 0 Å². The van der Waals surface area contributed by atoms with Gasteiger partial charge in [-0.2, -0.15) is 0 Å². The number of halogens is 1. The number of Topliss-reactive ketones (excluding diaryl/α,β-unsaturated/α-hetero) is 1. The van der Waals surface area contributed by atoms with Gasteiger partial charge in [-0.1, -0.05) is 25.4 Å². The summed E-state index contributed by atoms with van der Waals surface area (Å²) in [6.45, 7) is 4.26.